The Morgan fingerprint density at radius 2 is 2.00 bits per heavy atom. The third-order valence-corrected chi connectivity index (χ3v) is 6.63. The van der Waals surface area contributed by atoms with Crippen LogP contribution in [0.1, 0.15) is 37.7 Å². The van der Waals surface area contributed by atoms with Gasteiger partial charge in [-0.05, 0) is 56.5 Å². The van der Waals surface area contributed by atoms with Gasteiger partial charge in [-0.25, -0.2) is 15.0 Å². The van der Waals surface area contributed by atoms with Crippen molar-refractivity contribution < 1.29 is 9.47 Å². The summed E-state index contributed by atoms with van der Waals surface area (Å²) in [6.45, 7) is 4.73. The Kier molecular flexibility index (Phi) is 6.86. The van der Waals surface area contributed by atoms with Crippen molar-refractivity contribution in [1.29, 1.82) is 0 Å². The zero-order valence-corrected chi connectivity index (χ0v) is 18.9. The molecule has 0 amide bonds. The van der Waals surface area contributed by atoms with Crippen LogP contribution < -0.4 is 10.1 Å². The van der Waals surface area contributed by atoms with Crippen LogP contribution in [0.15, 0.2) is 36.8 Å². The molecule has 8 nitrogen and oxygen atoms in total. The summed E-state index contributed by atoms with van der Waals surface area (Å²) >= 11 is 1.53. The number of anilines is 2. The summed E-state index contributed by atoms with van der Waals surface area (Å²) < 4.78 is 11.4. The molecule has 9 heteroatoms. The SMILES string of the molecule is c1cc(-c2cnc(Nc3ccc(CN4CCCCC4)cn3)s2)nc(O[C@H]2CCCOC2)n1. The quantitative estimate of drug-likeness (QED) is 0.568. The average Bonchev–Trinajstić information content (AvgIpc) is 3.31. The van der Waals surface area contributed by atoms with Crippen LogP contribution >= 0.6 is 11.3 Å². The molecule has 0 bridgehead atoms. The lowest BCUT2D eigenvalue weighted by atomic mass is 10.1. The largest absolute Gasteiger partial charge is 0.458 e. The number of nitrogens with one attached hydrogen (secondary N) is 1. The van der Waals surface area contributed by atoms with E-state index in [1.807, 2.05) is 24.5 Å². The second kappa shape index (κ2) is 10.3. The molecular weight excluding hydrogens is 424 g/mol. The van der Waals surface area contributed by atoms with Gasteiger partial charge in [-0.1, -0.05) is 23.8 Å². The molecule has 2 fully saturated rings. The molecule has 1 atom stereocenters. The molecule has 2 aliphatic rings. The molecule has 2 saturated heterocycles. The number of likely N-dealkylation sites (tertiary alicyclic amines) is 1. The minimum atomic E-state index is 0.0154. The Hall–Kier alpha value is -2.62. The van der Waals surface area contributed by atoms with Gasteiger partial charge in [-0.3, -0.25) is 4.90 Å². The number of hydrogen-bond acceptors (Lipinski definition) is 9. The monoisotopic (exact) mass is 452 g/mol. The second-order valence-electron chi connectivity index (χ2n) is 8.22. The summed E-state index contributed by atoms with van der Waals surface area (Å²) in [6.07, 6.45) is 11.4. The fourth-order valence-electron chi connectivity index (χ4n) is 4.02. The highest BCUT2D eigenvalue weighted by Gasteiger charge is 2.17. The van der Waals surface area contributed by atoms with Gasteiger partial charge >= 0.3 is 6.01 Å². The fourth-order valence-corrected chi connectivity index (χ4v) is 4.81. The van der Waals surface area contributed by atoms with Crippen molar-refractivity contribution in [2.45, 2.75) is 44.8 Å². The van der Waals surface area contributed by atoms with E-state index in [1.54, 1.807) is 6.20 Å². The van der Waals surface area contributed by atoms with Crippen molar-refractivity contribution >= 4 is 22.3 Å². The first kappa shape index (κ1) is 21.2. The first-order chi connectivity index (χ1) is 15.8. The zero-order valence-electron chi connectivity index (χ0n) is 18.1. The van der Waals surface area contributed by atoms with Crippen molar-refractivity contribution in [2.75, 3.05) is 31.6 Å². The number of nitrogens with zero attached hydrogens (tertiary/aromatic N) is 5. The van der Waals surface area contributed by atoms with Gasteiger partial charge < -0.3 is 14.8 Å². The van der Waals surface area contributed by atoms with Crippen LogP contribution in [0, 0.1) is 0 Å². The number of hydrogen-bond donors (Lipinski definition) is 1. The van der Waals surface area contributed by atoms with Gasteiger partial charge in [0, 0.05) is 31.7 Å². The first-order valence-electron chi connectivity index (χ1n) is 11.3. The molecule has 3 aromatic heterocycles. The topological polar surface area (TPSA) is 85.3 Å². The van der Waals surface area contributed by atoms with E-state index < -0.39 is 0 Å². The molecule has 0 aliphatic carbocycles. The van der Waals surface area contributed by atoms with E-state index in [-0.39, 0.29) is 6.10 Å². The van der Waals surface area contributed by atoms with Gasteiger partial charge in [0.1, 0.15) is 11.9 Å². The predicted octanol–water partition coefficient (Wildman–Crippen LogP) is 4.28. The number of rotatable bonds is 7. The summed E-state index contributed by atoms with van der Waals surface area (Å²) in [5, 5.41) is 4.07. The van der Waals surface area contributed by atoms with E-state index in [4.69, 9.17) is 9.47 Å². The van der Waals surface area contributed by atoms with Gasteiger partial charge in [-0.2, -0.15) is 4.98 Å². The highest BCUT2D eigenvalue weighted by Crippen LogP contribution is 2.30. The second-order valence-corrected chi connectivity index (χ2v) is 9.26. The van der Waals surface area contributed by atoms with Crippen LogP contribution in [-0.4, -0.2) is 57.2 Å². The number of thiazole rings is 1. The van der Waals surface area contributed by atoms with E-state index in [9.17, 15) is 0 Å². The highest BCUT2D eigenvalue weighted by atomic mass is 32.1. The van der Waals surface area contributed by atoms with E-state index in [0.717, 1.165) is 47.5 Å². The van der Waals surface area contributed by atoms with Crippen LogP contribution in [-0.2, 0) is 11.3 Å². The average molecular weight is 453 g/mol. The summed E-state index contributed by atoms with van der Waals surface area (Å²) in [5.74, 6) is 0.789. The van der Waals surface area contributed by atoms with Gasteiger partial charge in [0.15, 0.2) is 5.13 Å². The van der Waals surface area contributed by atoms with E-state index in [0.29, 0.717) is 12.6 Å². The van der Waals surface area contributed by atoms with Crippen molar-refractivity contribution in [1.82, 2.24) is 24.8 Å². The summed E-state index contributed by atoms with van der Waals surface area (Å²) in [4.78, 5) is 21.3. The molecule has 0 spiro atoms. The van der Waals surface area contributed by atoms with Gasteiger partial charge in [0.2, 0.25) is 0 Å². The molecule has 2 aliphatic heterocycles. The molecule has 3 aromatic rings. The standard InChI is InChI=1S/C23H28N6O2S/c1-2-10-29(11-3-1)15-17-6-7-21(25-13-17)28-23-26-14-20(32-23)19-8-9-24-22(27-19)31-18-5-4-12-30-16-18/h6-9,13-14,18H,1-5,10-12,15-16H2,(H,25,26,28)/t18-/m0/s1. The zero-order chi connectivity index (χ0) is 21.6. The molecule has 168 valence electrons. The Bertz CT molecular complexity index is 1000. The molecule has 0 unspecified atom stereocenters. The smallest absolute Gasteiger partial charge is 0.317 e. The predicted molar refractivity (Wildman–Crippen MR) is 124 cm³/mol. The third-order valence-electron chi connectivity index (χ3n) is 5.70. The minimum absolute atomic E-state index is 0.0154. The van der Waals surface area contributed by atoms with Crippen LogP contribution in [0.3, 0.4) is 0 Å². The van der Waals surface area contributed by atoms with Crippen LogP contribution in [0.4, 0.5) is 10.9 Å². The maximum absolute atomic E-state index is 5.89. The maximum Gasteiger partial charge on any atom is 0.317 e. The van der Waals surface area contributed by atoms with E-state index in [1.165, 1.54) is 49.3 Å². The molecule has 0 aromatic carbocycles. The molecule has 5 heterocycles. The van der Waals surface area contributed by atoms with Gasteiger partial charge in [-0.15, -0.1) is 0 Å². The Labute approximate surface area is 192 Å². The molecule has 32 heavy (non-hydrogen) atoms. The van der Waals surface area contributed by atoms with Crippen molar-refractivity contribution in [3.05, 3.63) is 42.4 Å². The van der Waals surface area contributed by atoms with Crippen LogP contribution in [0.2, 0.25) is 0 Å². The molecule has 1 N–H and O–H groups in total. The number of aromatic nitrogens is 4. The summed E-state index contributed by atoms with van der Waals surface area (Å²) in [6, 6.07) is 6.41. The normalized spacial score (nSPS) is 19.6. The Morgan fingerprint density at radius 1 is 1.06 bits per heavy atom. The lowest BCUT2D eigenvalue weighted by Crippen LogP contribution is -2.29. The van der Waals surface area contributed by atoms with Gasteiger partial charge in [0.05, 0.1) is 17.2 Å². The lowest BCUT2D eigenvalue weighted by molar-refractivity contribution is 0.00342. The summed E-state index contributed by atoms with van der Waals surface area (Å²) in [7, 11) is 0. The summed E-state index contributed by atoms with van der Waals surface area (Å²) in [5.41, 5.74) is 2.04. The van der Waals surface area contributed by atoms with Gasteiger partial charge in [0.25, 0.3) is 0 Å². The maximum atomic E-state index is 5.89. The van der Waals surface area contributed by atoms with E-state index >= 15 is 0 Å². The number of piperidine rings is 1. The molecule has 0 saturated carbocycles. The highest BCUT2D eigenvalue weighted by molar-refractivity contribution is 7.18. The Morgan fingerprint density at radius 3 is 2.81 bits per heavy atom. The van der Waals surface area contributed by atoms with E-state index in [2.05, 4.69) is 36.2 Å². The first-order valence-corrected chi connectivity index (χ1v) is 12.1. The third kappa shape index (κ3) is 5.59. The Balaban J connectivity index is 1.20. The molecule has 0 radical (unpaired) electrons. The number of pyridine rings is 1. The lowest BCUT2D eigenvalue weighted by Gasteiger charge is -2.26. The van der Waals surface area contributed by atoms with Crippen molar-refractivity contribution in [3.8, 4) is 16.6 Å². The number of ether oxygens (including phenoxy) is 2. The van der Waals surface area contributed by atoms with Crippen molar-refractivity contribution in [3.63, 3.8) is 0 Å². The van der Waals surface area contributed by atoms with Crippen LogP contribution in [0.25, 0.3) is 10.6 Å². The van der Waals surface area contributed by atoms with Crippen molar-refractivity contribution in [2.24, 2.45) is 0 Å². The molecule has 5 rings (SSSR count). The molecular formula is C23H28N6O2S. The fraction of sp³-hybridized carbons (Fsp3) is 0.478. The van der Waals surface area contributed by atoms with Crippen LogP contribution in [0.5, 0.6) is 6.01 Å². The minimum Gasteiger partial charge on any atom is -0.458 e.